The number of unbranched alkanes of at least 4 members (excludes halogenated alkanes) is 1. The smallest absolute Gasteiger partial charge is 0.0766 e. The molecule has 0 aromatic heterocycles. The fourth-order valence-corrected chi connectivity index (χ4v) is 1.12. The SMILES string of the molecule is CCCCNCC(O)(CC)CC. The molecule has 0 aliphatic heterocycles. The first-order valence-electron chi connectivity index (χ1n) is 5.11. The van der Waals surface area contributed by atoms with Crippen molar-refractivity contribution in [3.8, 4) is 0 Å². The summed E-state index contributed by atoms with van der Waals surface area (Å²) in [6.07, 6.45) is 4.08. The molecule has 0 heterocycles. The molecule has 12 heavy (non-hydrogen) atoms. The quantitative estimate of drug-likeness (QED) is 0.577. The molecule has 0 saturated heterocycles. The first-order valence-corrected chi connectivity index (χ1v) is 5.11. The summed E-state index contributed by atoms with van der Waals surface area (Å²) in [6.45, 7) is 8.00. The Hall–Kier alpha value is -0.0800. The highest BCUT2D eigenvalue weighted by Gasteiger charge is 2.20. The van der Waals surface area contributed by atoms with Crippen molar-refractivity contribution in [1.82, 2.24) is 5.32 Å². The lowest BCUT2D eigenvalue weighted by Crippen LogP contribution is -2.39. The van der Waals surface area contributed by atoms with Crippen LogP contribution < -0.4 is 5.32 Å². The molecule has 74 valence electrons. The largest absolute Gasteiger partial charge is 0.389 e. The first kappa shape index (κ1) is 11.9. The van der Waals surface area contributed by atoms with E-state index in [1.54, 1.807) is 0 Å². The molecule has 0 unspecified atom stereocenters. The fraction of sp³-hybridized carbons (Fsp3) is 1.00. The van der Waals surface area contributed by atoms with E-state index in [0.717, 1.165) is 25.9 Å². The molecule has 0 aliphatic carbocycles. The van der Waals surface area contributed by atoms with E-state index in [-0.39, 0.29) is 0 Å². The second kappa shape index (κ2) is 6.44. The number of hydrogen-bond acceptors (Lipinski definition) is 2. The summed E-state index contributed by atoms with van der Waals surface area (Å²) >= 11 is 0. The topological polar surface area (TPSA) is 32.3 Å². The molecule has 0 bridgehead atoms. The van der Waals surface area contributed by atoms with Gasteiger partial charge in [0.1, 0.15) is 0 Å². The minimum Gasteiger partial charge on any atom is -0.389 e. The van der Waals surface area contributed by atoms with Crippen LogP contribution in [0.4, 0.5) is 0 Å². The van der Waals surface area contributed by atoms with Crippen LogP contribution in [0.15, 0.2) is 0 Å². The standard InChI is InChI=1S/C10H23NO/c1-4-7-8-11-9-10(12,5-2)6-3/h11-12H,4-9H2,1-3H3. The van der Waals surface area contributed by atoms with Gasteiger partial charge in [-0.15, -0.1) is 0 Å². The van der Waals surface area contributed by atoms with E-state index in [1.165, 1.54) is 12.8 Å². The van der Waals surface area contributed by atoms with Gasteiger partial charge in [-0.2, -0.15) is 0 Å². The van der Waals surface area contributed by atoms with Crippen LogP contribution in [0.1, 0.15) is 46.5 Å². The van der Waals surface area contributed by atoms with Crippen molar-refractivity contribution in [3.05, 3.63) is 0 Å². The van der Waals surface area contributed by atoms with E-state index in [1.807, 2.05) is 13.8 Å². The average molecular weight is 173 g/mol. The number of hydrogen-bond donors (Lipinski definition) is 2. The Labute approximate surface area is 76.4 Å². The summed E-state index contributed by atoms with van der Waals surface area (Å²) in [6, 6.07) is 0. The number of aliphatic hydroxyl groups is 1. The lowest BCUT2D eigenvalue weighted by atomic mass is 9.98. The zero-order valence-electron chi connectivity index (χ0n) is 8.69. The minimum atomic E-state index is -0.478. The summed E-state index contributed by atoms with van der Waals surface area (Å²) in [7, 11) is 0. The second-order valence-electron chi connectivity index (χ2n) is 3.46. The highest BCUT2D eigenvalue weighted by molar-refractivity contribution is 4.77. The third-order valence-corrected chi connectivity index (χ3v) is 2.48. The highest BCUT2D eigenvalue weighted by atomic mass is 16.3. The third-order valence-electron chi connectivity index (χ3n) is 2.48. The maximum Gasteiger partial charge on any atom is 0.0766 e. The lowest BCUT2D eigenvalue weighted by Gasteiger charge is -2.25. The van der Waals surface area contributed by atoms with Crippen molar-refractivity contribution in [2.45, 2.75) is 52.1 Å². The Bertz CT molecular complexity index is 100. The summed E-state index contributed by atoms with van der Waals surface area (Å²) in [5, 5.41) is 13.1. The van der Waals surface area contributed by atoms with Gasteiger partial charge < -0.3 is 10.4 Å². The molecule has 2 heteroatoms. The zero-order valence-corrected chi connectivity index (χ0v) is 8.69. The molecular formula is C10H23NO. The van der Waals surface area contributed by atoms with Gasteiger partial charge in [0.15, 0.2) is 0 Å². The van der Waals surface area contributed by atoms with Crippen LogP contribution in [0.25, 0.3) is 0 Å². The summed E-state index contributed by atoms with van der Waals surface area (Å²) in [5.74, 6) is 0. The molecule has 2 nitrogen and oxygen atoms in total. The van der Waals surface area contributed by atoms with Crippen LogP contribution in [0.5, 0.6) is 0 Å². The lowest BCUT2D eigenvalue weighted by molar-refractivity contribution is 0.0327. The van der Waals surface area contributed by atoms with Crippen molar-refractivity contribution in [2.24, 2.45) is 0 Å². The normalized spacial score (nSPS) is 12.0. The van der Waals surface area contributed by atoms with Gasteiger partial charge in [-0.25, -0.2) is 0 Å². The van der Waals surface area contributed by atoms with Gasteiger partial charge in [0, 0.05) is 6.54 Å². The van der Waals surface area contributed by atoms with Crippen LogP contribution in [0.3, 0.4) is 0 Å². The van der Waals surface area contributed by atoms with Crippen LogP contribution in [-0.4, -0.2) is 23.8 Å². The van der Waals surface area contributed by atoms with Gasteiger partial charge in [-0.3, -0.25) is 0 Å². The monoisotopic (exact) mass is 173 g/mol. The first-order chi connectivity index (χ1) is 5.68. The Balaban J connectivity index is 3.45. The predicted octanol–water partition coefficient (Wildman–Crippen LogP) is 1.93. The van der Waals surface area contributed by atoms with E-state index in [0.29, 0.717) is 0 Å². The summed E-state index contributed by atoms with van der Waals surface area (Å²) in [4.78, 5) is 0. The maximum absolute atomic E-state index is 9.87. The molecule has 0 aromatic carbocycles. The van der Waals surface area contributed by atoms with Crippen LogP contribution in [0, 0.1) is 0 Å². The average Bonchev–Trinajstić information content (AvgIpc) is 2.12. The molecular weight excluding hydrogens is 150 g/mol. The molecule has 0 radical (unpaired) electrons. The Kier molecular flexibility index (Phi) is 6.39. The minimum absolute atomic E-state index is 0.478. The summed E-state index contributed by atoms with van der Waals surface area (Å²) < 4.78 is 0. The molecule has 2 N–H and O–H groups in total. The van der Waals surface area contributed by atoms with Crippen LogP contribution >= 0.6 is 0 Å². The van der Waals surface area contributed by atoms with E-state index in [4.69, 9.17) is 0 Å². The van der Waals surface area contributed by atoms with E-state index in [2.05, 4.69) is 12.2 Å². The molecule has 0 aromatic rings. The van der Waals surface area contributed by atoms with Crippen molar-refractivity contribution in [3.63, 3.8) is 0 Å². The Morgan fingerprint density at radius 1 is 1.17 bits per heavy atom. The Morgan fingerprint density at radius 3 is 2.17 bits per heavy atom. The van der Waals surface area contributed by atoms with Gasteiger partial charge in [0.25, 0.3) is 0 Å². The number of nitrogens with one attached hydrogen (secondary N) is 1. The molecule has 0 fully saturated rings. The van der Waals surface area contributed by atoms with Crippen molar-refractivity contribution < 1.29 is 5.11 Å². The van der Waals surface area contributed by atoms with Gasteiger partial charge in [0.05, 0.1) is 5.60 Å². The van der Waals surface area contributed by atoms with E-state index < -0.39 is 5.60 Å². The van der Waals surface area contributed by atoms with Gasteiger partial charge in [-0.1, -0.05) is 27.2 Å². The fourth-order valence-electron chi connectivity index (χ4n) is 1.12. The second-order valence-corrected chi connectivity index (χ2v) is 3.46. The van der Waals surface area contributed by atoms with Crippen LogP contribution in [-0.2, 0) is 0 Å². The zero-order chi connectivity index (χ0) is 9.45. The van der Waals surface area contributed by atoms with E-state index in [9.17, 15) is 5.11 Å². The molecule has 0 saturated carbocycles. The van der Waals surface area contributed by atoms with Gasteiger partial charge in [-0.05, 0) is 25.8 Å². The van der Waals surface area contributed by atoms with E-state index >= 15 is 0 Å². The van der Waals surface area contributed by atoms with Crippen molar-refractivity contribution in [2.75, 3.05) is 13.1 Å². The molecule has 0 spiro atoms. The van der Waals surface area contributed by atoms with Crippen LogP contribution in [0.2, 0.25) is 0 Å². The van der Waals surface area contributed by atoms with Crippen molar-refractivity contribution in [1.29, 1.82) is 0 Å². The molecule has 0 atom stereocenters. The molecule has 0 aliphatic rings. The number of rotatable bonds is 7. The third kappa shape index (κ3) is 4.73. The maximum atomic E-state index is 9.87. The Morgan fingerprint density at radius 2 is 1.75 bits per heavy atom. The summed E-state index contributed by atoms with van der Waals surface area (Å²) in [5.41, 5.74) is -0.478. The van der Waals surface area contributed by atoms with Gasteiger partial charge in [0.2, 0.25) is 0 Å². The molecule has 0 amide bonds. The predicted molar refractivity (Wildman–Crippen MR) is 53.3 cm³/mol. The highest BCUT2D eigenvalue weighted by Crippen LogP contribution is 2.12. The van der Waals surface area contributed by atoms with Crippen molar-refractivity contribution >= 4 is 0 Å². The van der Waals surface area contributed by atoms with Gasteiger partial charge >= 0.3 is 0 Å². The molecule has 0 rings (SSSR count).